The number of hydrogen-bond acceptors (Lipinski definition) is 2. The number of amides is 1. The summed E-state index contributed by atoms with van der Waals surface area (Å²) in [4.78, 5) is 14.6. The zero-order valence-electron chi connectivity index (χ0n) is 7.43. The zero-order chi connectivity index (χ0) is 10.1. The lowest BCUT2D eigenvalue weighted by Gasteiger charge is -2.13. The minimum Gasteiger partial charge on any atom is -0.338 e. The molecule has 0 aliphatic carbocycles. The van der Waals surface area contributed by atoms with E-state index < -0.39 is 0 Å². The molecule has 0 radical (unpaired) electrons. The molecule has 2 heterocycles. The van der Waals surface area contributed by atoms with E-state index in [9.17, 15) is 4.79 Å². The predicted molar refractivity (Wildman–Crippen MR) is 64.9 cm³/mol. The van der Waals surface area contributed by atoms with E-state index in [0.717, 1.165) is 39.1 Å². The summed E-state index contributed by atoms with van der Waals surface area (Å²) >= 11 is 8.27. The highest BCUT2D eigenvalue weighted by atomic mass is 79.9. The predicted octanol–water partition coefficient (Wildman–Crippen LogP) is 3.51. The molecule has 0 atom stereocenters. The Morgan fingerprint density at radius 2 is 2.00 bits per heavy atom. The first-order valence-corrected chi connectivity index (χ1v) is 6.83. The van der Waals surface area contributed by atoms with Gasteiger partial charge in [-0.05, 0) is 50.8 Å². The quantitative estimate of drug-likeness (QED) is 0.767. The number of carbonyl (C=O) groups excluding carboxylic acids is 1. The third-order valence-corrected chi connectivity index (χ3v) is 5.49. The van der Waals surface area contributed by atoms with Gasteiger partial charge in [0.1, 0.15) is 0 Å². The van der Waals surface area contributed by atoms with E-state index in [0.29, 0.717) is 0 Å². The molecule has 0 saturated carbocycles. The molecule has 0 N–H and O–H groups in total. The first-order valence-electron chi connectivity index (χ1n) is 4.42. The number of rotatable bonds is 1. The smallest absolute Gasteiger partial charge is 0.263 e. The molecule has 76 valence electrons. The van der Waals surface area contributed by atoms with E-state index in [4.69, 9.17) is 0 Å². The van der Waals surface area contributed by atoms with Gasteiger partial charge in [-0.3, -0.25) is 4.79 Å². The SMILES string of the molecule is O=C(c1cc(Br)c(Br)s1)N1CCCC1. The summed E-state index contributed by atoms with van der Waals surface area (Å²) in [6.07, 6.45) is 2.28. The van der Waals surface area contributed by atoms with Crippen LogP contribution in [0.1, 0.15) is 22.5 Å². The van der Waals surface area contributed by atoms with E-state index in [2.05, 4.69) is 31.9 Å². The molecule has 1 aromatic rings. The summed E-state index contributed by atoms with van der Waals surface area (Å²) in [5, 5.41) is 0. The number of carbonyl (C=O) groups is 1. The van der Waals surface area contributed by atoms with Crippen LogP contribution in [0.15, 0.2) is 14.3 Å². The van der Waals surface area contributed by atoms with E-state index >= 15 is 0 Å². The molecule has 0 bridgehead atoms. The fourth-order valence-corrected chi connectivity index (χ4v) is 3.53. The molecule has 2 nitrogen and oxygen atoms in total. The van der Waals surface area contributed by atoms with Crippen molar-refractivity contribution >= 4 is 49.1 Å². The van der Waals surface area contributed by atoms with Crippen molar-refractivity contribution in [3.05, 3.63) is 19.2 Å². The minimum absolute atomic E-state index is 0.166. The van der Waals surface area contributed by atoms with Gasteiger partial charge in [0.2, 0.25) is 0 Å². The third-order valence-electron chi connectivity index (χ3n) is 2.25. The highest BCUT2D eigenvalue weighted by Gasteiger charge is 2.21. The fraction of sp³-hybridized carbons (Fsp3) is 0.444. The average molecular weight is 339 g/mol. The maximum absolute atomic E-state index is 11.9. The maximum atomic E-state index is 11.9. The summed E-state index contributed by atoms with van der Waals surface area (Å²) in [5.41, 5.74) is 0. The van der Waals surface area contributed by atoms with Crippen LogP contribution in [0.4, 0.5) is 0 Å². The summed E-state index contributed by atoms with van der Waals surface area (Å²) in [6, 6.07) is 1.88. The lowest BCUT2D eigenvalue weighted by atomic mass is 10.4. The summed E-state index contributed by atoms with van der Waals surface area (Å²) < 4.78 is 1.95. The Kier molecular flexibility index (Phi) is 3.29. The van der Waals surface area contributed by atoms with Crippen LogP contribution in [0, 0.1) is 0 Å². The van der Waals surface area contributed by atoms with Crippen LogP contribution in [-0.4, -0.2) is 23.9 Å². The van der Waals surface area contributed by atoms with Gasteiger partial charge in [0, 0.05) is 17.6 Å². The van der Waals surface area contributed by atoms with Crippen LogP contribution in [0.5, 0.6) is 0 Å². The Labute approximate surface area is 104 Å². The largest absolute Gasteiger partial charge is 0.338 e. The van der Waals surface area contributed by atoms with Crippen molar-refractivity contribution in [2.75, 3.05) is 13.1 Å². The van der Waals surface area contributed by atoms with Gasteiger partial charge in [-0.15, -0.1) is 11.3 Å². The molecular formula is C9H9Br2NOS. The van der Waals surface area contributed by atoms with Gasteiger partial charge in [-0.2, -0.15) is 0 Å². The summed E-state index contributed by atoms with van der Waals surface area (Å²) in [7, 11) is 0. The van der Waals surface area contributed by atoms with Crippen molar-refractivity contribution in [3.63, 3.8) is 0 Å². The fourth-order valence-electron chi connectivity index (χ4n) is 1.53. The molecule has 1 aliphatic heterocycles. The van der Waals surface area contributed by atoms with Crippen LogP contribution in [-0.2, 0) is 0 Å². The van der Waals surface area contributed by atoms with Gasteiger partial charge in [0.25, 0.3) is 5.91 Å². The van der Waals surface area contributed by atoms with Crippen LogP contribution < -0.4 is 0 Å². The normalized spacial score (nSPS) is 16.3. The van der Waals surface area contributed by atoms with Crippen LogP contribution >= 0.6 is 43.2 Å². The summed E-state index contributed by atoms with van der Waals surface area (Å²) in [5.74, 6) is 0.166. The zero-order valence-corrected chi connectivity index (χ0v) is 11.4. The first kappa shape index (κ1) is 10.6. The Bertz CT molecular complexity index is 338. The molecule has 1 aromatic heterocycles. The molecule has 0 aromatic carbocycles. The highest BCUT2D eigenvalue weighted by Crippen LogP contribution is 2.33. The molecule has 1 amide bonds. The topological polar surface area (TPSA) is 20.3 Å². The Balaban J connectivity index is 2.18. The van der Waals surface area contributed by atoms with Crippen molar-refractivity contribution in [1.82, 2.24) is 4.90 Å². The lowest BCUT2D eigenvalue weighted by Crippen LogP contribution is -2.26. The monoisotopic (exact) mass is 337 g/mol. The van der Waals surface area contributed by atoms with Gasteiger partial charge < -0.3 is 4.90 Å². The van der Waals surface area contributed by atoms with Crippen LogP contribution in [0.3, 0.4) is 0 Å². The number of halogens is 2. The number of nitrogens with zero attached hydrogens (tertiary/aromatic N) is 1. The molecule has 2 rings (SSSR count). The van der Waals surface area contributed by atoms with Gasteiger partial charge in [0.05, 0.1) is 8.66 Å². The second kappa shape index (κ2) is 4.33. The molecular weight excluding hydrogens is 330 g/mol. The van der Waals surface area contributed by atoms with Gasteiger partial charge >= 0.3 is 0 Å². The molecule has 0 unspecified atom stereocenters. The van der Waals surface area contributed by atoms with E-state index in [1.54, 1.807) is 0 Å². The van der Waals surface area contributed by atoms with Crippen LogP contribution in [0.25, 0.3) is 0 Å². The number of thiophene rings is 1. The Morgan fingerprint density at radius 3 is 2.50 bits per heavy atom. The van der Waals surface area contributed by atoms with E-state index in [1.165, 1.54) is 11.3 Å². The maximum Gasteiger partial charge on any atom is 0.263 e. The third kappa shape index (κ3) is 2.04. The van der Waals surface area contributed by atoms with Gasteiger partial charge in [0.15, 0.2) is 0 Å². The molecule has 14 heavy (non-hydrogen) atoms. The lowest BCUT2D eigenvalue weighted by molar-refractivity contribution is 0.0797. The van der Waals surface area contributed by atoms with Crippen molar-refractivity contribution in [3.8, 4) is 0 Å². The van der Waals surface area contributed by atoms with Crippen molar-refractivity contribution in [2.45, 2.75) is 12.8 Å². The highest BCUT2D eigenvalue weighted by molar-refractivity contribution is 9.13. The van der Waals surface area contributed by atoms with Crippen LogP contribution in [0.2, 0.25) is 0 Å². The average Bonchev–Trinajstić information content (AvgIpc) is 2.76. The standard InChI is InChI=1S/C9H9Br2NOS/c10-6-5-7(14-8(6)11)9(13)12-3-1-2-4-12/h5H,1-4H2. The second-order valence-electron chi connectivity index (χ2n) is 3.23. The minimum atomic E-state index is 0.166. The van der Waals surface area contributed by atoms with Gasteiger partial charge in [-0.25, -0.2) is 0 Å². The number of likely N-dealkylation sites (tertiary alicyclic amines) is 1. The molecule has 1 saturated heterocycles. The molecule has 0 spiro atoms. The van der Waals surface area contributed by atoms with E-state index in [1.807, 2.05) is 11.0 Å². The van der Waals surface area contributed by atoms with Crippen molar-refractivity contribution in [1.29, 1.82) is 0 Å². The van der Waals surface area contributed by atoms with Crippen molar-refractivity contribution in [2.24, 2.45) is 0 Å². The van der Waals surface area contributed by atoms with Gasteiger partial charge in [-0.1, -0.05) is 0 Å². The Hall–Kier alpha value is 0.130. The second-order valence-corrected chi connectivity index (χ2v) is 6.46. The molecule has 1 aliphatic rings. The first-order chi connectivity index (χ1) is 6.68. The van der Waals surface area contributed by atoms with E-state index in [-0.39, 0.29) is 5.91 Å². The molecule has 1 fully saturated rings. The number of hydrogen-bond donors (Lipinski definition) is 0. The Morgan fingerprint density at radius 1 is 1.36 bits per heavy atom. The molecule has 5 heteroatoms. The summed E-state index contributed by atoms with van der Waals surface area (Å²) in [6.45, 7) is 1.82. The van der Waals surface area contributed by atoms with Crippen molar-refractivity contribution < 1.29 is 4.79 Å².